The van der Waals surface area contributed by atoms with Gasteiger partial charge in [-0.15, -0.1) is 0 Å². The van der Waals surface area contributed by atoms with Crippen molar-refractivity contribution in [3.8, 4) is 0 Å². The van der Waals surface area contributed by atoms with Crippen LogP contribution in [0.1, 0.15) is 29.3 Å². The number of benzene rings is 2. The molecule has 1 saturated heterocycles. The van der Waals surface area contributed by atoms with Crippen molar-refractivity contribution in [1.29, 1.82) is 0 Å². The lowest BCUT2D eigenvalue weighted by Gasteiger charge is -2.36. The number of hydrogen-bond donors (Lipinski definition) is 3. The molecule has 30 heavy (non-hydrogen) atoms. The molecular formula is C23H26ClN5O. The quantitative estimate of drug-likeness (QED) is 0.593. The van der Waals surface area contributed by atoms with Crippen LogP contribution in [0.15, 0.2) is 36.4 Å². The van der Waals surface area contributed by atoms with Crippen molar-refractivity contribution in [2.75, 3.05) is 5.32 Å². The van der Waals surface area contributed by atoms with Crippen molar-refractivity contribution in [3.63, 3.8) is 0 Å². The first-order valence-electron chi connectivity index (χ1n) is 10.1. The van der Waals surface area contributed by atoms with Crippen LogP contribution in [0, 0.1) is 26.7 Å². The van der Waals surface area contributed by atoms with Gasteiger partial charge in [0, 0.05) is 16.5 Å². The number of nitrogens with zero attached hydrogens (tertiary/aromatic N) is 2. The SMILES string of the molecule is Cc1cc2nc(NC3NC(=O)C(Cc4ccc(Cl)cc4)C(C)N3)nc(C)c2cc1C. The van der Waals surface area contributed by atoms with Gasteiger partial charge in [-0.25, -0.2) is 9.97 Å². The summed E-state index contributed by atoms with van der Waals surface area (Å²) in [7, 11) is 0. The van der Waals surface area contributed by atoms with Crippen molar-refractivity contribution < 1.29 is 4.79 Å². The Bertz CT molecular complexity index is 1100. The van der Waals surface area contributed by atoms with Crippen LogP contribution >= 0.6 is 11.6 Å². The molecule has 1 fully saturated rings. The van der Waals surface area contributed by atoms with Crippen LogP contribution in [-0.2, 0) is 11.2 Å². The minimum absolute atomic E-state index is 0.00215. The van der Waals surface area contributed by atoms with Crippen LogP contribution in [0.2, 0.25) is 5.02 Å². The minimum Gasteiger partial charge on any atom is -0.323 e. The zero-order chi connectivity index (χ0) is 21.4. The molecule has 3 unspecified atom stereocenters. The molecule has 1 aliphatic heterocycles. The zero-order valence-electron chi connectivity index (χ0n) is 17.6. The molecule has 156 valence electrons. The molecule has 3 aromatic rings. The lowest BCUT2D eigenvalue weighted by atomic mass is 9.91. The van der Waals surface area contributed by atoms with E-state index in [1.54, 1.807) is 0 Å². The molecule has 0 bridgehead atoms. The van der Waals surface area contributed by atoms with Crippen LogP contribution in [-0.4, -0.2) is 28.2 Å². The van der Waals surface area contributed by atoms with Gasteiger partial charge in [0.1, 0.15) is 0 Å². The van der Waals surface area contributed by atoms with E-state index in [0.29, 0.717) is 17.4 Å². The summed E-state index contributed by atoms with van der Waals surface area (Å²) in [5.41, 5.74) is 5.29. The second-order valence-corrected chi connectivity index (χ2v) is 8.50. The normalized spacial score (nSPS) is 21.5. The molecule has 1 aromatic heterocycles. The fraction of sp³-hybridized carbons (Fsp3) is 0.348. The number of carbonyl (C=O) groups is 1. The number of hydrogen-bond acceptors (Lipinski definition) is 5. The van der Waals surface area contributed by atoms with Crippen molar-refractivity contribution in [1.82, 2.24) is 20.6 Å². The Kier molecular flexibility index (Phi) is 5.62. The Morgan fingerprint density at radius 2 is 1.77 bits per heavy atom. The van der Waals surface area contributed by atoms with Gasteiger partial charge in [-0.2, -0.15) is 0 Å². The summed E-state index contributed by atoms with van der Waals surface area (Å²) < 4.78 is 0. The molecule has 3 atom stereocenters. The van der Waals surface area contributed by atoms with Crippen LogP contribution in [0.25, 0.3) is 10.9 Å². The topological polar surface area (TPSA) is 78.9 Å². The summed E-state index contributed by atoms with van der Waals surface area (Å²) in [6, 6.07) is 11.8. The first kappa shape index (κ1) is 20.6. The number of aromatic nitrogens is 2. The third-order valence-electron chi connectivity index (χ3n) is 5.80. The van der Waals surface area contributed by atoms with E-state index in [1.165, 1.54) is 11.1 Å². The summed E-state index contributed by atoms with van der Waals surface area (Å²) in [5.74, 6) is 0.316. The first-order valence-corrected chi connectivity index (χ1v) is 10.5. The Morgan fingerprint density at radius 3 is 2.47 bits per heavy atom. The molecule has 3 N–H and O–H groups in total. The van der Waals surface area contributed by atoms with Crippen molar-refractivity contribution >= 4 is 34.4 Å². The Labute approximate surface area is 181 Å². The molecule has 1 amide bonds. The highest BCUT2D eigenvalue weighted by molar-refractivity contribution is 6.30. The minimum atomic E-state index is -0.433. The average molecular weight is 424 g/mol. The third-order valence-corrected chi connectivity index (χ3v) is 6.05. The second kappa shape index (κ2) is 8.20. The van der Waals surface area contributed by atoms with Crippen molar-refractivity contribution in [2.45, 2.75) is 46.4 Å². The van der Waals surface area contributed by atoms with Gasteiger partial charge in [0.05, 0.1) is 17.1 Å². The van der Waals surface area contributed by atoms with Gasteiger partial charge in [-0.1, -0.05) is 23.7 Å². The van der Waals surface area contributed by atoms with Gasteiger partial charge in [0.2, 0.25) is 11.9 Å². The average Bonchev–Trinajstić information content (AvgIpc) is 2.68. The third kappa shape index (κ3) is 4.25. The van der Waals surface area contributed by atoms with E-state index in [-0.39, 0.29) is 17.9 Å². The molecule has 6 nitrogen and oxygen atoms in total. The number of aryl methyl sites for hydroxylation is 3. The largest absolute Gasteiger partial charge is 0.323 e. The molecule has 0 saturated carbocycles. The maximum absolute atomic E-state index is 12.8. The van der Waals surface area contributed by atoms with E-state index in [0.717, 1.165) is 22.2 Å². The van der Waals surface area contributed by atoms with Crippen LogP contribution < -0.4 is 16.0 Å². The number of halogens is 1. The van der Waals surface area contributed by atoms with Crippen molar-refractivity contribution in [3.05, 3.63) is 63.8 Å². The van der Waals surface area contributed by atoms with E-state index in [1.807, 2.05) is 38.1 Å². The number of rotatable bonds is 4. The Balaban J connectivity index is 1.48. The molecule has 0 spiro atoms. The van der Waals surface area contributed by atoms with E-state index >= 15 is 0 Å². The summed E-state index contributed by atoms with van der Waals surface area (Å²) in [6.45, 7) is 8.16. The lowest BCUT2D eigenvalue weighted by molar-refractivity contribution is -0.128. The molecule has 1 aliphatic rings. The van der Waals surface area contributed by atoms with Gasteiger partial charge in [-0.3, -0.25) is 10.1 Å². The summed E-state index contributed by atoms with van der Waals surface area (Å²) >= 11 is 5.96. The molecular weight excluding hydrogens is 398 g/mol. The molecule has 7 heteroatoms. The standard InChI is InChI=1S/C23H26ClN5O/c1-12-9-18-14(3)25-22(27-20(18)10-13(12)2)29-23-26-15(4)19(21(30)28-23)11-16-5-7-17(24)8-6-16/h5-10,15,19,23,26H,11H2,1-4H3,(H,28,30)(H,25,27,29). The van der Waals surface area contributed by atoms with Gasteiger partial charge < -0.3 is 10.6 Å². The fourth-order valence-electron chi connectivity index (χ4n) is 3.85. The van der Waals surface area contributed by atoms with Crippen LogP contribution in [0.5, 0.6) is 0 Å². The highest BCUT2D eigenvalue weighted by atomic mass is 35.5. The Morgan fingerprint density at radius 1 is 1.07 bits per heavy atom. The lowest BCUT2D eigenvalue weighted by Crippen LogP contribution is -2.63. The van der Waals surface area contributed by atoms with Gasteiger partial charge in [-0.05, 0) is 75.1 Å². The molecule has 0 radical (unpaired) electrons. The van der Waals surface area contributed by atoms with Crippen molar-refractivity contribution in [2.24, 2.45) is 5.92 Å². The number of fused-ring (bicyclic) bond motifs is 1. The molecule has 0 aliphatic carbocycles. The number of amides is 1. The van der Waals surface area contributed by atoms with Gasteiger partial charge in [0.15, 0.2) is 6.29 Å². The Hall–Kier alpha value is -2.70. The van der Waals surface area contributed by atoms with E-state index in [2.05, 4.69) is 51.9 Å². The first-order chi connectivity index (χ1) is 14.3. The van der Waals surface area contributed by atoms with Gasteiger partial charge in [0.25, 0.3) is 0 Å². The predicted octanol–water partition coefficient (Wildman–Crippen LogP) is 3.87. The maximum atomic E-state index is 12.8. The second-order valence-electron chi connectivity index (χ2n) is 8.06. The smallest absolute Gasteiger partial charge is 0.227 e. The van der Waals surface area contributed by atoms with Gasteiger partial charge >= 0.3 is 0 Å². The zero-order valence-corrected chi connectivity index (χ0v) is 18.3. The summed E-state index contributed by atoms with van der Waals surface area (Å²) in [4.78, 5) is 22.0. The van der Waals surface area contributed by atoms with E-state index in [4.69, 9.17) is 11.6 Å². The molecule has 4 rings (SSSR count). The summed E-state index contributed by atoms with van der Waals surface area (Å²) in [6.07, 6.45) is 0.214. The molecule has 2 heterocycles. The monoisotopic (exact) mass is 423 g/mol. The van der Waals surface area contributed by atoms with E-state index < -0.39 is 6.29 Å². The van der Waals surface area contributed by atoms with Crippen LogP contribution in [0.3, 0.4) is 0 Å². The van der Waals surface area contributed by atoms with E-state index in [9.17, 15) is 4.79 Å². The fourth-order valence-corrected chi connectivity index (χ4v) is 3.98. The highest BCUT2D eigenvalue weighted by Gasteiger charge is 2.33. The number of carbonyl (C=O) groups excluding carboxylic acids is 1. The predicted molar refractivity (Wildman–Crippen MR) is 121 cm³/mol. The number of anilines is 1. The highest BCUT2D eigenvalue weighted by Crippen LogP contribution is 2.22. The number of nitrogens with one attached hydrogen (secondary N) is 3. The van der Waals surface area contributed by atoms with Crippen LogP contribution in [0.4, 0.5) is 5.95 Å². The molecule has 2 aromatic carbocycles. The summed E-state index contributed by atoms with van der Waals surface area (Å²) in [5, 5.41) is 11.4. The maximum Gasteiger partial charge on any atom is 0.227 e.